The van der Waals surface area contributed by atoms with Gasteiger partial charge in [0, 0.05) is 20.2 Å². The molecule has 0 aliphatic heterocycles. The third kappa shape index (κ3) is 6.17. The van der Waals surface area contributed by atoms with Gasteiger partial charge in [0.05, 0.1) is 25.6 Å². The number of thiophene rings is 1. The molecule has 1 aromatic carbocycles. The molecular weight excluding hydrogens is 446 g/mol. The number of esters is 1. The lowest BCUT2D eigenvalue weighted by Crippen LogP contribution is -2.38. The molecular formula is C23H29N3O6S. The summed E-state index contributed by atoms with van der Waals surface area (Å²) in [6, 6.07) is 7.62. The van der Waals surface area contributed by atoms with Gasteiger partial charge in [-0.25, -0.2) is 9.78 Å². The Bertz CT molecular complexity index is 1160. The van der Waals surface area contributed by atoms with Crippen LogP contribution in [0.2, 0.25) is 0 Å². The predicted octanol–water partition coefficient (Wildman–Crippen LogP) is 2.28. The molecule has 0 spiro atoms. The van der Waals surface area contributed by atoms with Crippen LogP contribution in [0.1, 0.15) is 26.6 Å². The Hall–Kier alpha value is -2.79. The van der Waals surface area contributed by atoms with Crippen LogP contribution in [0.5, 0.6) is 5.75 Å². The zero-order valence-corrected chi connectivity index (χ0v) is 20.0. The largest absolute Gasteiger partial charge is 0.491 e. The highest BCUT2D eigenvalue weighted by atomic mass is 32.1. The minimum absolute atomic E-state index is 0.129. The summed E-state index contributed by atoms with van der Waals surface area (Å²) in [4.78, 5) is 34.8. The summed E-state index contributed by atoms with van der Waals surface area (Å²) in [7, 11) is 2.90. The lowest BCUT2D eigenvalue weighted by Gasteiger charge is -2.24. The normalized spacial score (nSPS) is 12.3. The molecule has 10 heteroatoms. The van der Waals surface area contributed by atoms with E-state index in [2.05, 4.69) is 9.97 Å². The third-order valence-corrected chi connectivity index (χ3v) is 6.36. The number of ether oxygens (including phenoxy) is 3. The molecule has 1 atom stereocenters. The van der Waals surface area contributed by atoms with Gasteiger partial charge in [0.25, 0.3) is 5.56 Å². The first-order chi connectivity index (χ1) is 15.8. The molecule has 2 N–H and O–H groups in total. The number of nitrogens with zero attached hydrogens (tertiary/aromatic N) is 2. The van der Waals surface area contributed by atoms with Crippen LogP contribution in [0.25, 0.3) is 10.2 Å². The Morgan fingerprint density at radius 2 is 2.03 bits per heavy atom. The molecule has 0 saturated carbocycles. The van der Waals surface area contributed by atoms with Gasteiger partial charge >= 0.3 is 5.97 Å². The van der Waals surface area contributed by atoms with Crippen LogP contribution in [-0.4, -0.2) is 72.6 Å². The van der Waals surface area contributed by atoms with Crippen LogP contribution in [0.4, 0.5) is 0 Å². The molecule has 0 aliphatic rings. The average Bonchev–Trinajstić information content (AvgIpc) is 3.13. The summed E-state index contributed by atoms with van der Waals surface area (Å²) < 4.78 is 15.7. The molecule has 33 heavy (non-hydrogen) atoms. The Morgan fingerprint density at radius 1 is 1.27 bits per heavy atom. The Morgan fingerprint density at radius 3 is 2.73 bits per heavy atom. The number of H-pyrrole nitrogens is 1. The Kier molecular flexibility index (Phi) is 8.56. The van der Waals surface area contributed by atoms with E-state index in [1.807, 2.05) is 36.1 Å². The number of aliphatic hydroxyl groups is 1. The fourth-order valence-electron chi connectivity index (χ4n) is 3.47. The number of methoxy groups -OCH3 is 2. The maximum absolute atomic E-state index is 12.7. The number of aromatic nitrogens is 2. The van der Waals surface area contributed by atoms with Crippen molar-refractivity contribution >= 4 is 27.5 Å². The Balaban J connectivity index is 1.74. The number of benzene rings is 1. The molecule has 0 aliphatic carbocycles. The molecule has 9 nitrogen and oxygen atoms in total. The SMILES string of the molecule is COCCN(Cc1nc2sc(C(=O)OC)c(C)c2c(=O)[nH]1)C[C@H](O)COc1ccccc1C. The zero-order chi connectivity index (χ0) is 24.0. The van der Waals surface area contributed by atoms with Gasteiger partial charge in [-0.3, -0.25) is 9.69 Å². The number of rotatable bonds is 11. The molecule has 3 rings (SSSR count). The first kappa shape index (κ1) is 24.8. The number of aryl methyl sites for hydroxylation is 2. The van der Waals surface area contributed by atoms with Crippen molar-refractivity contribution in [2.75, 3.05) is 40.5 Å². The minimum atomic E-state index is -0.758. The molecule has 0 fully saturated rings. The first-order valence-electron chi connectivity index (χ1n) is 10.5. The molecule has 0 radical (unpaired) electrons. The summed E-state index contributed by atoms with van der Waals surface area (Å²) in [6.07, 6.45) is -0.758. The quantitative estimate of drug-likeness (QED) is 0.406. The van der Waals surface area contributed by atoms with Crippen LogP contribution in [0.15, 0.2) is 29.1 Å². The number of hydrogen-bond acceptors (Lipinski definition) is 9. The van der Waals surface area contributed by atoms with Crippen LogP contribution < -0.4 is 10.3 Å². The van der Waals surface area contributed by atoms with Gasteiger partial charge in [-0.1, -0.05) is 18.2 Å². The number of nitrogens with one attached hydrogen (secondary N) is 1. The van der Waals surface area contributed by atoms with Crippen molar-refractivity contribution in [3.63, 3.8) is 0 Å². The summed E-state index contributed by atoms with van der Waals surface area (Å²) in [5.41, 5.74) is 1.24. The molecule has 178 valence electrons. The van der Waals surface area contributed by atoms with Gasteiger partial charge in [0.2, 0.25) is 0 Å². The monoisotopic (exact) mass is 475 g/mol. The molecule has 0 amide bonds. The Labute approximate surface area is 195 Å². The highest BCUT2D eigenvalue weighted by Crippen LogP contribution is 2.27. The molecule has 0 unspecified atom stereocenters. The van der Waals surface area contributed by atoms with Gasteiger partial charge in [-0.15, -0.1) is 11.3 Å². The molecule has 0 bridgehead atoms. The lowest BCUT2D eigenvalue weighted by molar-refractivity contribution is 0.0531. The van der Waals surface area contributed by atoms with Crippen molar-refractivity contribution in [2.45, 2.75) is 26.5 Å². The molecule has 0 saturated heterocycles. The van der Waals surface area contributed by atoms with Gasteiger partial charge < -0.3 is 24.3 Å². The van der Waals surface area contributed by atoms with Crippen molar-refractivity contribution in [3.05, 3.63) is 56.4 Å². The maximum atomic E-state index is 12.7. The molecule has 2 heterocycles. The minimum Gasteiger partial charge on any atom is -0.491 e. The summed E-state index contributed by atoms with van der Waals surface area (Å²) in [5, 5.41) is 10.9. The maximum Gasteiger partial charge on any atom is 0.348 e. The van der Waals surface area contributed by atoms with Crippen LogP contribution in [0.3, 0.4) is 0 Å². The molecule has 3 aromatic rings. The predicted molar refractivity (Wildman–Crippen MR) is 126 cm³/mol. The van der Waals surface area contributed by atoms with E-state index in [1.165, 1.54) is 7.11 Å². The van der Waals surface area contributed by atoms with E-state index in [-0.39, 0.29) is 12.2 Å². The van der Waals surface area contributed by atoms with Crippen LogP contribution in [-0.2, 0) is 16.0 Å². The summed E-state index contributed by atoms with van der Waals surface area (Å²) >= 11 is 1.13. The van der Waals surface area contributed by atoms with Crippen LogP contribution in [0, 0.1) is 13.8 Å². The standard InChI is InChI=1S/C23H29N3O6S/c1-14-7-5-6-8-17(14)32-13-16(27)11-26(9-10-30-3)12-18-24-21(28)19-15(2)20(23(29)31-4)33-22(19)25-18/h5-8,16,27H,9-13H2,1-4H3,(H,24,25,28)/t16-/m0/s1. The number of hydrogen-bond donors (Lipinski definition) is 2. The van der Waals surface area contributed by atoms with E-state index in [0.29, 0.717) is 52.7 Å². The topological polar surface area (TPSA) is 114 Å². The summed E-state index contributed by atoms with van der Waals surface area (Å²) in [5.74, 6) is 0.675. The van der Waals surface area contributed by atoms with Crippen molar-refractivity contribution in [1.82, 2.24) is 14.9 Å². The average molecular weight is 476 g/mol. The van der Waals surface area contributed by atoms with Crippen LogP contribution >= 0.6 is 11.3 Å². The molecule has 2 aromatic heterocycles. The number of carbonyl (C=O) groups is 1. The van der Waals surface area contributed by atoms with Crippen molar-refractivity contribution < 1.29 is 24.1 Å². The second-order valence-electron chi connectivity index (χ2n) is 7.70. The fraction of sp³-hybridized carbons (Fsp3) is 0.435. The number of para-hydroxylation sites is 1. The van der Waals surface area contributed by atoms with E-state index < -0.39 is 12.1 Å². The smallest absolute Gasteiger partial charge is 0.348 e. The van der Waals surface area contributed by atoms with E-state index in [9.17, 15) is 14.7 Å². The van der Waals surface area contributed by atoms with E-state index >= 15 is 0 Å². The number of carbonyl (C=O) groups excluding carboxylic acids is 1. The second kappa shape index (κ2) is 11.4. The van der Waals surface area contributed by atoms with E-state index in [1.54, 1.807) is 14.0 Å². The van der Waals surface area contributed by atoms with Crippen molar-refractivity contribution in [1.29, 1.82) is 0 Å². The number of fused-ring (bicyclic) bond motifs is 1. The van der Waals surface area contributed by atoms with Gasteiger partial charge in [0.1, 0.15) is 34.0 Å². The lowest BCUT2D eigenvalue weighted by atomic mass is 10.2. The van der Waals surface area contributed by atoms with E-state index in [4.69, 9.17) is 14.2 Å². The fourth-order valence-corrected chi connectivity index (χ4v) is 4.59. The van der Waals surface area contributed by atoms with Crippen molar-refractivity contribution in [3.8, 4) is 5.75 Å². The summed E-state index contributed by atoms with van der Waals surface area (Å²) in [6.45, 7) is 5.34. The first-order valence-corrected chi connectivity index (χ1v) is 11.3. The van der Waals surface area contributed by atoms with Gasteiger partial charge in [-0.05, 0) is 31.0 Å². The van der Waals surface area contributed by atoms with E-state index in [0.717, 1.165) is 22.6 Å². The van der Waals surface area contributed by atoms with Gasteiger partial charge in [0.15, 0.2) is 0 Å². The highest BCUT2D eigenvalue weighted by Gasteiger charge is 2.21. The second-order valence-corrected chi connectivity index (χ2v) is 8.70. The zero-order valence-electron chi connectivity index (χ0n) is 19.2. The third-order valence-electron chi connectivity index (χ3n) is 5.20. The number of aromatic amines is 1. The van der Waals surface area contributed by atoms with Gasteiger partial charge in [-0.2, -0.15) is 0 Å². The highest BCUT2D eigenvalue weighted by molar-refractivity contribution is 7.20. The van der Waals surface area contributed by atoms with Crippen molar-refractivity contribution in [2.24, 2.45) is 0 Å². The number of aliphatic hydroxyl groups excluding tert-OH is 1.